The zero-order valence-corrected chi connectivity index (χ0v) is 13.8. The van der Waals surface area contributed by atoms with Gasteiger partial charge in [0.2, 0.25) is 0 Å². The number of aryl methyl sites for hydroxylation is 1. The van der Waals surface area contributed by atoms with Gasteiger partial charge in [-0.25, -0.2) is 0 Å². The lowest BCUT2D eigenvalue weighted by molar-refractivity contribution is 0.171. The van der Waals surface area contributed by atoms with Crippen molar-refractivity contribution in [2.75, 3.05) is 26.2 Å². The zero-order valence-electron chi connectivity index (χ0n) is 12.2. The number of hydrogen-bond donors (Lipinski definition) is 2. The molecule has 1 aliphatic rings. The van der Waals surface area contributed by atoms with E-state index >= 15 is 0 Å². The summed E-state index contributed by atoms with van der Waals surface area (Å²) in [6, 6.07) is 2.05. The molecular formula is C16H23BrN2O. The van der Waals surface area contributed by atoms with Gasteiger partial charge in [-0.05, 0) is 37.5 Å². The molecular weight excluding hydrogens is 316 g/mol. The number of phenolic OH excluding ortho intramolecular Hbond substituents is 1. The molecule has 0 aliphatic carbocycles. The number of benzene rings is 1. The van der Waals surface area contributed by atoms with Crippen LogP contribution in [0, 0.1) is 13.8 Å². The SMILES string of the molecule is C=CC[C@@H](c1c(O)cc(C)c(Br)c1C)N1CCNCC1. The van der Waals surface area contributed by atoms with E-state index in [1.54, 1.807) is 0 Å². The minimum atomic E-state index is 0.200. The molecule has 1 atom stereocenters. The molecule has 2 rings (SSSR count). The van der Waals surface area contributed by atoms with Gasteiger partial charge < -0.3 is 10.4 Å². The third-order valence-electron chi connectivity index (χ3n) is 4.02. The van der Waals surface area contributed by atoms with Gasteiger partial charge >= 0.3 is 0 Å². The van der Waals surface area contributed by atoms with Crippen molar-refractivity contribution in [3.63, 3.8) is 0 Å². The molecule has 0 unspecified atom stereocenters. The Morgan fingerprint density at radius 2 is 2.10 bits per heavy atom. The molecule has 1 saturated heterocycles. The molecule has 4 heteroatoms. The van der Waals surface area contributed by atoms with E-state index in [1.165, 1.54) is 0 Å². The van der Waals surface area contributed by atoms with Crippen molar-refractivity contribution in [2.24, 2.45) is 0 Å². The van der Waals surface area contributed by atoms with Crippen molar-refractivity contribution >= 4 is 15.9 Å². The predicted octanol–water partition coefficient (Wildman–Crippen LogP) is 3.29. The molecule has 0 spiro atoms. The molecule has 0 saturated carbocycles. The highest BCUT2D eigenvalue weighted by Crippen LogP contribution is 2.39. The van der Waals surface area contributed by atoms with Gasteiger partial charge in [0.15, 0.2) is 0 Å². The number of phenols is 1. The number of nitrogens with one attached hydrogen (secondary N) is 1. The Bertz CT molecular complexity index is 496. The van der Waals surface area contributed by atoms with E-state index in [-0.39, 0.29) is 6.04 Å². The maximum atomic E-state index is 10.4. The third-order valence-corrected chi connectivity index (χ3v) is 5.24. The summed E-state index contributed by atoms with van der Waals surface area (Å²) in [5.41, 5.74) is 3.23. The Morgan fingerprint density at radius 1 is 1.45 bits per heavy atom. The van der Waals surface area contributed by atoms with E-state index in [1.807, 2.05) is 19.1 Å². The van der Waals surface area contributed by atoms with Crippen LogP contribution in [0.4, 0.5) is 0 Å². The van der Waals surface area contributed by atoms with Crippen molar-refractivity contribution in [3.8, 4) is 5.75 Å². The first-order valence-corrected chi connectivity index (χ1v) is 7.89. The van der Waals surface area contributed by atoms with Gasteiger partial charge in [-0.2, -0.15) is 0 Å². The Morgan fingerprint density at radius 3 is 2.70 bits per heavy atom. The summed E-state index contributed by atoms with van der Waals surface area (Å²) < 4.78 is 1.09. The van der Waals surface area contributed by atoms with Crippen LogP contribution >= 0.6 is 15.9 Å². The molecule has 2 N–H and O–H groups in total. The Hall–Kier alpha value is -0.840. The lowest BCUT2D eigenvalue weighted by atomic mass is 9.94. The summed E-state index contributed by atoms with van der Waals surface area (Å²) >= 11 is 3.64. The quantitative estimate of drug-likeness (QED) is 0.827. The van der Waals surface area contributed by atoms with E-state index in [4.69, 9.17) is 0 Å². The second-order valence-corrected chi connectivity index (χ2v) is 6.18. The lowest BCUT2D eigenvalue weighted by Crippen LogP contribution is -2.45. The smallest absolute Gasteiger partial charge is 0.120 e. The van der Waals surface area contributed by atoms with Crippen LogP contribution in [0.15, 0.2) is 23.2 Å². The Kier molecular flexibility index (Phi) is 5.24. The number of nitrogens with zero attached hydrogens (tertiary/aromatic N) is 1. The Balaban J connectivity index is 2.43. The van der Waals surface area contributed by atoms with Gasteiger partial charge in [0.05, 0.1) is 0 Å². The topological polar surface area (TPSA) is 35.5 Å². The van der Waals surface area contributed by atoms with Gasteiger partial charge in [0.25, 0.3) is 0 Å². The number of halogens is 1. The molecule has 1 aromatic rings. The van der Waals surface area contributed by atoms with Gasteiger partial charge in [-0.3, -0.25) is 4.90 Å². The second kappa shape index (κ2) is 6.74. The maximum absolute atomic E-state index is 10.4. The second-order valence-electron chi connectivity index (χ2n) is 5.39. The summed E-state index contributed by atoms with van der Waals surface area (Å²) in [4.78, 5) is 2.43. The summed E-state index contributed by atoms with van der Waals surface area (Å²) in [5.74, 6) is 0.397. The molecule has 0 bridgehead atoms. The van der Waals surface area contributed by atoms with Crippen LogP contribution in [0.1, 0.15) is 29.2 Å². The average Bonchev–Trinajstić information content (AvgIpc) is 2.45. The minimum Gasteiger partial charge on any atom is -0.508 e. The van der Waals surface area contributed by atoms with E-state index in [9.17, 15) is 5.11 Å². The van der Waals surface area contributed by atoms with Gasteiger partial charge in [0, 0.05) is 42.3 Å². The van der Waals surface area contributed by atoms with E-state index in [0.717, 1.165) is 53.8 Å². The van der Waals surface area contributed by atoms with E-state index in [2.05, 4.69) is 39.6 Å². The summed E-state index contributed by atoms with van der Waals surface area (Å²) in [7, 11) is 0. The van der Waals surface area contributed by atoms with Crippen molar-refractivity contribution in [1.82, 2.24) is 10.2 Å². The van der Waals surface area contributed by atoms with Crippen molar-refractivity contribution in [2.45, 2.75) is 26.3 Å². The molecule has 0 amide bonds. The number of aromatic hydroxyl groups is 1. The maximum Gasteiger partial charge on any atom is 0.120 e. The first kappa shape index (κ1) is 15.5. The van der Waals surface area contributed by atoms with Crippen LogP contribution in [0.2, 0.25) is 0 Å². The van der Waals surface area contributed by atoms with Crippen molar-refractivity contribution in [1.29, 1.82) is 0 Å². The normalized spacial score (nSPS) is 17.9. The van der Waals surface area contributed by atoms with Crippen molar-refractivity contribution < 1.29 is 5.11 Å². The van der Waals surface area contributed by atoms with Crippen LogP contribution < -0.4 is 5.32 Å². The monoisotopic (exact) mass is 338 g/mol. The Labute approximate surface area is 129 Å². The molecule has 110 valence electrons. The fraction of sp³-hybridized carbons (Fsp3) is 0.500. The van der Waals surface area contributed by atoms with Crippen LogP contribution in [0.3, 0.4) is 0 Å². The first-order chi connectivity index (χ1) is 9.56. The standard InChI is InChI=1S/C16H23BrN2O/c1-4-5-13(19-8-6-18-7-9-19)15-12(3)16(17)11(2)10-14(15)20/h4,10,13,18,20H,1,5-9H2,2-3H3/t13-/m0/s1. The molecule has 1 fully saturated rings. The minimum absolute atomic E-state index is 0.200. The summed E-state index contributed by atoms with van der Waals surface area (Å²) in [5, 5.41) is 13.8. The third kappa shape index (κ3) is 3.08. The highest BCUT2D eigenvalue weighted by Gasteiger charge is 2.26. The van der Waals surface area contributed by atoms with Gasteiger partial charge in [-0.15, -0.1) is 6.58 Å². The molecule has 1 aromatic carbocycles. The highest BCUT2D eigenvalue weighted by atomic mass is 79.9. The van der Waals surface area contributed by atoms with Crippen LogP contribution in [0.5, 0.6) is 5.75 Å². The molecule has 20 heavy (non-hydrogen) atoms. The van der Waals surface area contributed by atoms with Gasteiger partial charge in [-0.1, -0.05) is 22.0 Å². The average molecular weight is 339 g/mol. The highest BCUT2D eigenvalue weighted by molar-refractivity contribution is 9.10. The largest absolute Gasteiger partial charge is 0.508 e. The fourth-order valence-electron chi connectivity index (χ4n) is 2.97. The molecule has 3 nitrogen and oxygen atoms in total. The fourth-order valence-corrected chi connectivity index (χ4v) is 3.30. The number of hydrogen-bond acceptors (Lipinski definition) is 3. The van der Waals surface area contributed by atoms with Crippen LogP contribution in [0.25, 0.3) is 0 Å². The lowest BCUT2D eigenvalue weighted by Gasteiger charge is -2.36. The molecule has 1 heterocycles. The van der Waals surface area contributed by atoms with Crippen molar-refractivity contribution in [3.05, 3.63) is 39.9 Å². The summed E-state index contributed by atoms with van der Waals surface area (Å²) in [6.45, 7) is 12.0. The van der Waals surface area contributed by atoms with Gasteiger partial charge in [0.1, 0.15) is 5.75 Å². The van der Waals surface area contributed by atoms with Crippen LogP contribution in [-0.2, 0) is 0 Å². The number of piperazine rings is 1. The zero-order chi connectivity index (χ0) is 14.7. The number of rotatable bonds is 4. The van der Waals surface area contributed by atoms with E-state index < -0.39 is 0 Å². The first-order valence-electron chi connectivity index (χ1n) is 7.10. The molecule has 0 radical (unpaired) electrons. The van der Waals surface area contributed by atoms with Crippen LogP contribution in [-0.4, -0.2) is 36.2 Å². The molecule has 1 aliphatic heterocycles. The van der Waals surface area contributed by atoms with E-state index in [0.29, 0.717) is 5.75 Å². The predicted molar refractivity (Wildman–Crippen MR) is 87.3 cm³/mol. The summed E-state index contributed by atoms with van der Waals surface area (Å²) in [6.07, 6.45) is 2.79. The molecule has 0 aromatic heterocycles.